The summed E-state index contributed by atoms with van der Waals surface area (Å²) in [5.74, 6) is 0.244. The van der Waals surface area contributed by atoms with Crippen molar-refractivity contribution < 1.29 is 14.3 Å². The van der Waals surface area contributed by atoms with Crippen molar-refractivity contribution in [2.24, 2.45) is 0 Å². The predicted molar refractivity (Wildman–Crippen MR) is 101 cm³/mol. The summed E-state index contributed by atoms with van der Waals surface area (Å²) < 4.78 is 10.7. The average molecular weight is 353 g/mol. The number of esters is 1. The van der Waals surface area contributed by atoms with E-state index in [2.05, 4.69) is 0 Å². The zero-order chi connectivity index (χ0) is 17.6. The van der Waals surface area contributed by atoms with Crippen molar-refractivity contribution in [2.45, 2.75) is 0 Å². The quantitative estimate of drug-likeness (QED) is 0.471. The first kappa shape index (κ1) is 17.1. The molecule has 25 heavy (non-hydrogen) atoms. The highest BCUT2D eigenvalue weighted by Crippen LogP contribution is 2.22. The number of benzene rings is 3. The molecule has 3 aromatic carbocycles. The van der Waals surface area contributed by atoms with Crippen LogP contribution in [0.2, 0.25) is 5.02 Å². The number of carbonyl (C=O) groups is 1. The molecular formula is C21H17ClO3. The lowest BCUT2D eigenvalue weighted by Gasteiger charge is -2.10. The topological polar surface area (TPSA) is 35.5 Å². The van der Waals surface area contributed by atoms with Crippen molar-refractivity contribution in [3.05, 3.63) is 82.9 Å². The van der Waals surface area contributed by atoms with Crippen molar-refractivity contribution in [1.82, 2.24) is 0 Å². The third-order valence-electron chi connectivity index (χ3n) is 3.80. The summed E-state index contributed by atoms with van der Waals surface area (Å²) in [5, 5.41) is 2.78. The minimum absolute atomic E-state index is 0.0935. The van der Waals surface area contributed by atoms with E-state index in [1.165, 1.54) is 7.11 Å². The van der Waals surface area contributed by atoms with Crippen LogP contribution in [0.1, 0.15) is 5.56 Å². The van der Waals surface area contributed by atoms with Crippen LogP contribution in [0.3, 0.4) is 0 Å². The highest BCUT2D eigenvalue weighted by molar-refractivity contribution is 6.32. The van der Waals surface area contributed by atoms with Gasteiger partial charge in [0.25, 0.3) is 0 Å². The molecule has 0 aromatic heterocycles. The Kier molecular flexibility index (Phi) is 5.36. The van der Waals surface area contributed by atoms with E-state index in [9.17, 15) is 4.79 Å². The number of carbonyl (C=O) groups excluding carboxylic acids is 1. The molecule has 0 bridgehead atoms. The molecular weight excluding hydrogens is 336 g/mol. The molecule has 4 heteroatoms. The van der Waals surface area contributed by atoms with Crippen LogP contribution in [0.25, 0.3) is 16.8 Å². The molecule has 0 aliphatic rings. The zero-order valence-corrected chi connectivity index (χ0v) is 14.5. The van der Waals surface area contributed by atoms with E-state index >= 15 is 0 Å². The van der Waals surface area contributed by atoms with Gasteiger partial charge in [-0.3, -0.25) is 0 Å². The third kappa shape index (κ3) is 4.20. The highest BCUT2D eigenvalue weighted by Gasteiger charge is 2.12. The molecule has 3 aromatic rings. The van der Waals surface area contributed by atoms with E-state index in [1.807, 2.05) is 60.7 Å². The van der Waals surface area contributed by atoms with Crippen molar-refractivity contribution in [3.8, 4) is 5.75 Å². The molecule has 0 aliphatic carbocycles. The van der Waals surface area contributed by atoms with Gasteiger partial charge in [-0.2, -0.15) is 0 Å². The molecule has 3 rings (SSSR count). The molecule has 0 saturated heterocycles. The number of methoxy groups -OCH3 is 1. The van der Waals surface area contributed by atoms with Gasteiger partial charge >= 0.3 is 5.97 Å². The lowest BCUT2D eigenvalue weighted by Crippen LogP contribution is -2.12. The minimum Gasteiger partial charge on any atom is -0.489 e. The maximum atomic E-state index is 12.0. The first-order valence-corrected chi connectivity index (χ1v) is 8.20. The molecule has 3 nitrogen and oxygen atoms in total. The van der Waals surface area contributed by atoms with Gasteiger partial charge in [-0.15, -0.1) is 0 Å². The van der Waals surface area contributed by atoms with Gasteiger partial charge in [-0.05, 0) is 40.6 Å². The second-order valence-corrected chi connectivity index (χ2v) is 5.89. The number of fused-ring (bicyclic) bond motifs is 1. The van der Waals surface area contributed by atoms with Gasteiger partial charge in [0.2, 0.25) is 0 Å². The number of hydrogen-bond donors (Lipinski definition) is 0. The van der Waals surface area contributed by atoms with Crippen molar-refractivity contribution in [3.63, 3.8) is 0 Å². The summed E-state index contributed by atoms with van der Waals surface area (Å²) in [4.78, 5) is 12.0. The van der Waals surface area contributed by atoms with E-state index < -0.39 is 5.97 Å². The fourth-order valence-electron chi connectivity index (χ4n) is 2.49. The summed E-state index contributed by atoms with van der Waals surface area (Å²) in [6.07, 6.45) is 1.69. The molecule has 126 valence electrons. The largest absolute Gasteiger partial charge is 0.489 e. The Bertz CT molecular complexity index is 931. The fourth-order valence-corrected chi connectivity index (χ4v) is 2.68. The number of rotatable bonds is 5. The maximum absolute atomic E-state index is 12.0. The summed E-state index contributed by atoms with van der Waals surface area (Å²) >= 11 is 6.16. The monoisotopic (exact) mass is 352 g/mol. The first-order chi connectivity index (χ1) is 12.2. The molecule has 0 aliphatic heterocycles. The average Bonchev–Trinajstić information content (AvgIpc) is 2.65. The van der Waals surface area contributed by atoms with Gasteiger partial charge < -0.3 is 9.47 Å². The number of halogens is 1. The van der Waals surface area contributed by atoms with Crippen molar-refractivity contribution in [2.75, 3.05) is 13.7 Å². The Hall–Kier alpha value is -2.78. The molecule has 0 radical (unpaired) electrons. The lowest BCUT2D eigenvalue weighted by atomic mass is 10.1. The molecule has 0 amide bonds. The maximum Gasteiger partial charge on any atom is 0.337 e. The molecule has 0 atom stereocenters. The van der Waals surface area contributed by atoms with Gasteiger partial charge in [0.15, 0.2) is 0 Å². The number of ether oxygens (including phenoxy) is 2. The standard InChI is InChI=1S/C21H17ClO3/c1-24-21(23)18(12-17-8-4-5-9-20(17)22)14-25-19-11-10-15-6-2-3-7-16(15)13-19/h2-13H,14H2,1H3/b18-12+. The highest BCUT2D eigenvalue weighted by atomic mass is 35.5. The molecule has 0 unspecified atom stereocenters. The molecule has 0 N–H and O–H groups in total. The Morgan fingerprint density at radius 2 is 1.72 bits per heavy atom. The second kappa shape index (κ2) is 7.86. The van der Waals surface area contributed by atoms with Gasteiger partial charge in [-0.1, -0.05) is 60.1 Å². The Morgan fingerprint density at radius 1 is 1.00 bits per heavy atom. The van der Waals surface area contributed by atoms with E-state index in [1.54, 1.807) is 12.1 Å². The third-order valence-corrected chi connectivity index (χ3v) is 4.14. The van der Waals surface area contributed by atoms with E-state index in [0.717, 1.165) is 16.3 Å². The predicted octanol–water partition coefficient (Wildman–Crippen LogP) is 5.13. The van der Waals surface area contributed by atoms with Gasteiger partial charge in [-0.25, -0.2) is 4.79 Å². The van der Waals surface area contributed by atoms with Crippen LogP contribution in [-0.4, -0.2) is 19.7 Å². The number of hydrogen-bond acceptors (Lipinski definition) is 3. The van der Waals surface area contributed by atoms with Crippen molar-refractivity contribution >= 4 is 34.4 Å². The van der Waals surface area contributed by atoms with Gasteiger partial charge in [0.1, 0.15) is 12.4 Å². The van der Waals surface area contributed by atoms with Crippen LogP contribution in [-0.2, 0) is 9.53 Å². The Balaban J connectivity index is 1.83. The smallest absolute Gasteiger partial charge is 0.337 e. The summed E-state index contributed by atoms with van der Waals surface area (Å²) in [6.45, 7) is 0.0935. The van der Waals surface area contributed by atoms with Gasteiger partial charge in [0, 0.05) is 5.02 Å². The van der Waals surface area contributed by atoms with Crippen LogP contribution in [0.4, 0.5) is 0 Å². The summed E-state index contributed by atoms with van der Waals surface area (Å²) in [7, 11) is 1.35. The van der Waals surface area contributed by atoms with Crippen LogP contribution >= 0.6 is 11.6 Å². The SMILES string of the molecule is COC(=O)/C(=C/c1ccccc1Cl)COc1ccc2ccccc2c1. The van der Waals surface area contributed by atoms with Crippen molar-refractivity contribution in [1.29, 1.82) is 0 Å². The Labute approximate surface area is 151 Å². The van der Waals surface area contributed by atoms with Crippen LogP contribution < -0.4 is 4.74 Å². The summed E-state index contributed by atoms with van der Waals surface area (Å²) in [6, 6.07) is 21.1. The zero-order valence-electron chi connectivity index (χ0n) is 13.7. The summed E-state index contributed by atoms with van der Waals surface area (Å²) in [5.41, 5.74) is 1.13. The van der Waals surface area contributed by atoms with Crippen LogP contribution in [0, 0.1) is 0 Å². The molecule has 0 saturated carbocycles. The molecule has 0 heterocycles. The fraction of sp³-hybridized carbons (Fsp3) is 0.0952. The normalized spacial score (nSPS) is 11.4. The molecule has 0 fully saturated rings. The molecule has 0 spiro atoms. The lowest BCUT2D eigenvalue weighted by molar-refractivity contribution is -0.136. The second-order valence-electron chi connectivity index (χ2n) is 5.48. The van der Waals surface area contributed by atoms with E-state index in [4.69, 9.17) is 21.1 Å². The van der Waals surface area contributed by atoms with Gasteiger partial charge in [0.05, 0.1) is 12.7 Å². The van der Waals surface area contributed by atoms with E-state index in [0.29, 0.717) is 16.3 Å². The Morgan fingerprint density at radius 3 is 2.48 bits per heavy atom. The van der Waals surface area contributed by atoms with Crippen LogP contribution in [0.15, 0.2) is 72.3 Å². The minimum atomic E-state index is -0.444. The van der Waals surface area contributed by atoms with E-state index in [-0.39, 0.29) is 6.61 Å². The van der Waals surface area contributed by atoms with Crippen LogP contribution in [0.5, 0.6) is 5.75 Å². The first-order valence-electron chi connectivity index (χ1n) is 7.82.